The number of hydrogen-bond donors (Lipinski definition) is 2. The predicted molar refractivity (Wildman–Crippen MR) is 88.3 cm³/mol. The molecule has 0 aliphatic rings. The second-order valence-corrected chi connectivity index (χ2v) is 5.31. The van der Waals surface area contributed by atoms with E-state index < -0.39 is 5.91 Å². The normalized spacial score (nSPS) is 10.6. The highest BCUT2D eigenvalue weighted by Crippen LogP contribution is 2.06. The van der Waals surface area contributed by atoms with Crippen molar-refractivity contribution >= 4 is 29.0 Å². The summed E-state index contributed by atoms with van der Waals surface area (Å²) in [5, 5.41) is 0.459. The van der Waals surface area contributed by atoms with Gasteiger partial charge in [-0.1, -0.05) is 29.8 Å². The summed E-state index contributed by atoms with van der Waals surface area (Å²) in [4.78, 5) is 27.6. The fourth-order valence-corrected chi connectivity index (χ4v) is 2.37. The van der Waals surface area contributed by atoms with Gasteiger partial charge in [-0.3, -0.25) is 15.0 Å². The number of carbonyl (C=O) groups excluding carboxylic acids is 1. The van der Waals surface area contributed by atoms with Gasteiger partial charge >= 0.3 is 0 Å². The van der Waals surface area contributed by atoms with E-state index in [4.69, 9.17) is 12.2 Å². The number of benzene rings is 2. The number of para-hydroxylation sites is 1. The van der Waals surface area contributed by atoms with Gasteiger partial charge in [-0.25, -0.2) is 0 Å². The van der Waals surface area contributed by atoms with Crippen molar-refractivity contribution in [3.63, 3.8) is 0 Å². The third-order valence-electron chi connectivity index (χ3n) is 3.33. The van der Waals surface area contributed by atoms with Crippen molar-refractivity contribution in [3.8, 4) is 0 Å². The Morgan fingerprint density at radius 2 is 1.82 bits per heavy atom. The van der Waals surface area contributed by atoms with Gasteiger partial charge in [-0.15, -0.1) is 0 Å². The Morgan fingerprint density at radius 3 is 2.55 bits per heavy atom. The summed E-state index contributed by atoms with van der Waals surface area (Å²) in [6.07, 6.45) is 0. The van der Waals surface area contributed by atoms with Crippen LogP contribution in [0.4, 0.5) is 0 Å². The van der Waals surface area contributed by atoms with Crippen LogP contribution in [-0.4, -0.2) is 15.6 Å². The van der Waals surface area contributed by atoms with Crippen LogP contribution in [0.5, 0.6) is 0 Å². The molecule has 5 nitrogen and oxygen atoms in total. The molecule has 0 aliphatic carbocycles. The lowest BCUT2D eigenvalue weighted by Crippen LogP contribution is -2.34. The molecule has 3 aromatic rings. The maximum Gasteiger partial charge on any atom is 0.281 e. The minimum absolute atomic E-state index is 0.143. The number of carbonyl (C=O) groups is 1. The lowest BCUT2D eigenvalue weighted by atomic mass is 10.1. The molecule has 22 heavy (non-hydrogen) atoms. The van der Waals surface area contributed by atoms with E-state index in [0.29, 0.717) is 16.5 Å². The highest BCUT2D eigenvalue weighted by Gasteiger charge is 2.10. The van der Waals surface area contributed by atoms with Crippen molar-refractivity contribution < 1.29 is 4.79 Å². The summed E-state index contributed by atoms with van der Waals surface area (Å²) in [5.74, 6) is -0.392. The molecule has 0 saturated heterocycles. The number of hydrogen-bond acceptors (Lipinski definition) is 3. The van der Waals surface area contributed by atoms with Crippen LogP contribution in [0.25, 0.3) is 10.9 Å². The Hall–Kier alpha value is -2.73. The van der Waals surface area contributed by atoms with Gasteiger partial charge in [-0.05, 0) is 43.4 Å². The summed E-state index contributed by atoms with van der Waals surface area (Å²) in [5.41, 5.74) is 4.32. The molecule has 6 heteroatoms. The monoisotopic (exact) mass is 311 g/mol. The number of aromatic amines is 1. The summed E-state index contributed by atoms with van der Waals surface area (Å²) >= 11 is 5.15. The molecule has 0 aliphatic heterocycles. The van der Waals surface area contributed by atoms with E-state index >= 15 is 0 Å². The molecule has 0 bridgehead atoms. The molecule has 0 fully saturated rings. The number of aryl methyl sites for hydroxylation is 1. The number of fused-ring (bicyclic) bond motifs is 1. The average Bonchev–Trinajstić information content (AvgIpc) is 2.52. The Balaban J connectivity index is 2.04. The number of amides is 1. The molecule has 0 spiro atoms. The zero-order chi connectivity index (χ0) is 15.7. The Bertz CT molecular complexity index is 971. The van der Waals surface area contributed by atoms with Gasteiger partial charge in [0.05, 0.1) is 10.9 Å². The Kier molecular flexibility index (Phi) is 3.60. The van der Waals surface area contributed by atoms with Gasteiger partial charge < -0.3 is 4.98 Å². The van der Waals surface area contributed by atoms with Crippen LogP contribution in [0.1, 0.15) is 15.9 Å². The maximum atomic E-state index is 12.4. The summed E-state index contributed by atoms with van der Waals surface area (Å²) in [7, 11) is 0. The molecule has 1 amide bonds. The van der Waals surface area contributed by atoms with E-state index in [1.165, 1.54) is 0 Å². The van der Waals surface area contributed by atoms with Crippen molar-refractivity contribution in [3.05, 3.63) is 74.8 Å². The zero-order valence-corrected chi connectivity index (χ0v) is 12.6. The molecule has 1 aromatic heterocycles. The van der Waals surface area contributed by atoms with Crippen LogP contribution < -0.4 is 11.0 Å². The van der Waals surface area contributed by atoms with Crippen molar-refractivity contribution in [2.75, 3.05) is 5.43 Å². The molecule has 3 rings (SSSR count). The summed E-state index contributed by atoms with van der Waals surface area (Å²) < 4.78 is 1.20. The van der Waals surface area contributed by atoms with Crippen LogP contribution in [-0.2, 0) is 0 Å². The number of nitrogens with one attached hydrogen (secondary N) is 2. The second-order valence-electron chi connectivity index (χ2n) is 4.92. The quantitative estimate of drug-likeness (QED) is 0.715. The van der Waals surface area contributed by atoms with Gasteiger partial charge in [-0.2, -0.15) is 4.68 Å². The van der Waals surface area contributed by atoms with E-state index in [1.807, 2.05) is 25.1 Å². The number of nitrogens with zero attached hydrogens (tertiary/aromatic N) is 1. The SMILES string of the molecule is Cc1ccc(C(=O)Nn2c(=S)[nH]c3ccccc3c2=O)cc1. The maximum absolute atomic E-state index is 12.4. The average molecular weight is 311 g/mol. The first-order valence-corrected chi connectivity index (χ1v) is 7.09. The van der Waals surface area contributed by atoms with Crippen LogP contribution in [0.3, 0.4) is 0 Å². The summed E-state index contributed by atoms with van der Waals surface area (Å²) in [6, 6.07) is 14.1. The molecule has 0 atom stereocenters. The molecular formula is C16H13N3O2S. The standard InChI is InChI=1S/C16H13N3O2S/c1-10-6-8-11(9-7-10)14(20)18-19-15(21)12-4-2-3-5-13(12)17-16(19)22/h2-9H,1H3,(H,17,22)(H,18,20). The lowest BCUT2D eigenvalue weighted by Gasteiger charge is -2.09. The van der Waals surface area contributed by atoms with E-state index in [-0.39, 0.29) is 10.3 Å². The molecule has 110 valence electrons. The van der Waals surface area contributed by atoms with Crippen molar-refractivity contribution in [1.82, 2.24) is 9.66 Å². The van der Waals surface area contributed by atoms with E-state index in [0.717, 1.165) is 10.2 Å². The van der Waals surface area contributed by atoms with Gasteiger partial charge in [0.25, 0.3) is 11.5 Å². The molecule has 1 heterocycles. The molecule has 0 radical (unpaired) electrons. The van der Waals surface area contributed by atoms with Gasteiger partial charge in [0.1, 0.15) is 0 Å². The number of H-pyrrole nitrogens is 1. The Morgan fingerprint density at radius 1 is 1.14 bits per heavy atom. The molecule has 2 aromatic carbocycles. The first-order chi connectivity index (χ1) is 10.6. The fourth-order valence-electron chi connectivity index (χ4n) is 2.13. The molecule has 2 N–H and O–H groups in total. The van der Waals surface area contributed by atoms with Gasteiger partial charge in [0.2, 0.25) is 0 Å². The topological polar surface area (TPSA) is 66.9 Å². The van der Waals surface area contributed by atoms with E-state index in [1.54, 1.807) is 30.3 Å². The lowest BCUT2D eigenvalue weighted by molar-refractivity contribution is 0.101. The fraction of sp³-hybridized carbons (Fsp3) is 0.0625. The number of aromatic nitrogens is 2. The van der Waals surface area contributed by atoms with E-state index in [9.17, 15) is 9.59 Å². The molecule has 0 saturated carbocycles. The minimum atomic E-state index is -0.392. The van der Waals surface area contributed by atoms with Gasteiger partial charge in [0.15, 0.2) is 4.77 Å². The molecular weight excluding hydrogens is 298 g/mol. The van der Waals surface area contributed by atoms with Crippen LogP contribution in [0, 0.1) is 11.7 Å². The first-order valence-electron chi connectivity index (χ1n) is 6.68. The van der Waals surface area contributed by atoms with Crippen molar-refractivity contribution in [2.45, 2.75) is 6.92 Å². The predicted octanol–water partition coefficient (Wildman–Crippen LogP) is 2.75. The number of rotatable bonds is 2. The largest absolute Gasteiger partial charge is 0.330 e. The van der Waals surface area contributed by atoms with Gasteiger partial charge in [0, 0.05) is 5.56 Å². The summed E-state index contributed by atoms with van der Waals surface area (Å²) in [6.45, 7) is 1.94. The second kappa shape index (κ2) is 5.57. The highest BCUT2D eigenvalue weighted by atomic mass is 32.1. The van der Waals surface area contributed by atoms with Crippen LogP contribution in [0.2, 0.25) is 0 Å². The van der Waals surface area contributed by atoms with Crippen LogP contribution in [0.15, 0.2) is 53.3 Å². The van der Waals surface area contributed by atoms with Crippen LogP contribution >= 0.6 is 12.2 Å². The highest BCUT2D eigenvalue weighted by molar-refractivity contribution is 7.71. The first kappa shape index (κ1) is 14.2. The van der Waals surface area contributed by atoms with Crippen molar-refractivity contribution in [1.29, 1.82) is 0 Å². The third kappa shape index (κ3) is 2.56. The zero-order valence-electron chi connectivity index (χ0n) is 11.8. The Labute approximate surface area is 131 Å². The minimum Gasteiger partial charge on any atom is -0.330 e. The van der Waals surface area contributed by atoms with Crippen molar-refractivity contribution in [2.24, 2.45) is 0 Å². The molecule has 0 unspecified atom stereocenters. The smallest absolute Gasteiger partial charge is 0.281 e. The van der Waals surface area contributed by atoms with E-state index in [2.05, 4.69) is 10.4 Å². The third-order valence-corrected chi connectivity index (χ3v) is 3.62.